The number of carbonyl (C=O) groups is 2. The van der Waals surface area contributed by atoms with E-state index in [1.54, 1.807) is 0 Å². The van der Waals surface area contributed by atoms with E-state index in [2.05, 4.69) is 10.6 Å². The van der Waals surface area contributed by atoms with Gasteiger partial charge in [0, 0.05) is 13.0 Å². The van der Waals surface area contributed by atoms with E-state index in [1.165, 1.54) is 13.0 Å². The molecule has 1 aromatic rings. The molecule has 0 saturated carbocycles. The Labute approximate surface area is 102 Å². The van der Waals surface area contributed by atoms with E-state index in [4.69, 9.17) is 0 Å². The molecule has 0 aromatic heterocycles. The highest BCUT2D eigenvalue weighted by molar-refractivity contribution is 5.97. The number of halogens is 2. The van der Waals surface area contributed by atoms with Crippen molar-refractivity contribution in [2.24, 2.45) is 5.92 Å². The lowest BCUT2D eigenvalue weighted by atomic mass is 10.1. The number of carbonyl (C=O) groups excluding carboxylic acids is 2. The van der Waals surface area contributed by atoms with Crippen molar-refractivity contribution in [1.82, 2.24) is 5.32 Å². The number of aryl methyl sites for hydroxylation is 1. The van der Waals surface area contributed by atoms with Gasteiger partial charge in [0.15, 0.2) is 5.82 Å². The summed E-state index contributed by atoms with van der Waals surface area (Å²) in [6.07, 6.45) is 0.0425. The summed E-state index contributed by atoms with van der Waals surface area (Å²) in [7, 11) is 0. The van der Waals surface area contributed by atoms with Gasteiger partial charge in [-0.15, -0.1) is 0 Å². The van der Waals surface area contributed by atoms with Gasteiger partial charge in [-0.05, 0) is 18.6 Å². The Bertz CT molecular complexity index is 517. The van der Waals surface area contributed by atoms with E-state index in [0.717, 1.165) is 6.07 Å². The third-order valence-corrected chi connectivity index (χ3v) is 2.88. The second kappa shape index (κ2) is 4.72. The predicted molar refractivity (Wildman–Crippen MR) is 60.8 cm³/mol. The molecule has 0 aliphatic carbocycles. The van der Waals surface area contributed by atoms with Crippen LogP contribution in [-0.2, 0) is 9.59 Å². The van der Waals surface area contributed by atoms with Crippen LogP contribution in [0.25, 0.3) is 0 Å². The number of nitrogens with one attached hydrogen (secondary N) is 2. The van der Waals surface area contributed by atoms with Gasteiger partial charge in [0.05, 0.1) is 5.92 Å². The Hall–Kier alpha value is -1.98. The van der Waals surface area contributed by atoms with Crippen LogP contribution >= 0.6 is 0 Å². The second-order valence-electron chi connectivity index (χ2n) is 4.25. The van der Waals surface area contributed by atoms with Crippen LogP contribution in [0.15, 0.2) is 12.1 Å². The van der Waals surface area contributed by atoms with Gasteiger partial charge in [0.1, 0.15) is 11.5 Å². The predicted octanol–water partition coefficient (Wildman–Crippen LogP) is 1.35. The number of hydrogen-bond donors (Lipinski definition) is 2. The Morgan fingerprint density at radius 1 is 1.44 bits per heavy atom. The lowest BCUT2D eigenvalue weighted by Gasteiger charge is -2.11. The van der Waals surface area contributed by atoms with Gasteiger partial charge in [-0.3, -0.25) is 9.59 Å². The first kappa shape index (κ1) is 12.5. The molecule has 2 rings (SSSR count). The minimum Gasteiger partial charge on any atom is -0.355 e. The zero-order valence-electron chi connectivity index (χ0n) is 9.72. The fourth-order valence-corrected chi connectivity index (χ4v) is 1.79. The quantitative estimate of drug-likeness (QED) is 0.837. The molecule has 2 N–H and O–H groups in total. The average molecular weight is 254 g/mol. The summed E-state index contributed by atoms with van der Waals surface area (Å²) in [5, 5.41) is 4.69. The number of benzene rings is 1. The highest BCUT2D eigenvalue weighted by Crippen LogP contribution is 2.23. The molecule has 1 heterocycles. The van der Waals surface area contributed by atoms with Crippen molar-refractivity contribution in [2.45, 2.75) is 13.3 Å². The summed E-state index contributed by atoms with van der Waals surface area (Å²) < 4.78 is 27.1. The molecule has 1 aromatic carbocycles. The maximum Gasteiger partial charge on any atom is 0.229 e. The lowest BCUT2D eigenvalue weighted by Crippen LogP contribution is -2.25. The number of amides is 2. The first-order valence-corrected chi connectivity index (χ1v) is 5.51. The minimum absolute atomic E-state index is 0.0425. The van der Waals surface area contributed by atoms with Crippen molar-refractivity contribution in [3.63, 3.8) is 0 Å². The van der Waals surface area contributed by atoms with Gasteiger partial charge < -0.3 is 10.6 Å². The summed E-state index contributed by atoms with van der Waals surface area (Å²) in [6.45, 7) is 1.67. The Morgan fingerprint density at radius 2 is 2.17 bits per heavy atom. The van der Waals surface area contributed by atoms with Crippen LogP contribution in [0.3, 0.4) is 0 Å². The molecule has 6 heteroatoms. The van der Waals surface area contributed by atoms with E-state index < -0.39 is 29.1 Å². The van der Waals surface area contributed by atoms with Crippen LogP contribution in [0.5, 0.6) is 0 Å². The Balaban J connectivity index is 2.17. The molecule has 0 radical (unpaired) electrons. The van der Waals surface area contributed by atoms with Crippen molar-refractivity contribution in [2.75, 3.05) is 11.9 Å². The van der Waals surface area contributed by atoms with Crippen LogP contribution in [0.4, 0.5) is 14.5 Å². The maximum absolute atomic E-state index is 13.6. The van der Waals surface area contributed by atoms with Crippen LogP contribution in [-0.4, -0.2) is 18.4 Å². The van der Waals surface area contributed by atoms with Gasteiger partial charge in [0.25, 0.3) is 0 Å². The van der Waals surface area contributed by atoms with Crippen molar-refractivity contribution >= 4 is 17.5 Å². The SMILES string of the molecule is Cc1ccc(F)c(NC(=O)C2CNC(=O)C2)c1F. The second-order valence-corrected chi connectivity index (χ2v) is 4.25. The molecule has 1 saturated heterocycles. The molecule has 4 nitrogen and oxygen atoms in total. The third kappa shape index (κ3) is 2.32. The fourth-order valence-electron chi connectivity index (χ4n) is 1.79. The van der Waals surface area contributed by atoms with Crippen LogP contribution in [0, 0.1) is 24.5 Å². The van der Waals surface area contributed by atoms with Crippen molar-refractivity contribution in [3.05, 3.63) is 29.3 Å². The van der Waals surface area contributed by atoms with E-state index in [1.807, 2.05) is 0 Å². The molecule has 0 bridgehead atoms. The maximum atomic E-state index is 13.6. The van der Waals surface area contributed by atoms with Crippen molar-refractivity contribution in [1.29, 1.82) is 0 Å². The molecular weight excluding hydrogens is 242 g/mol. The molecule has 1 unspecified atom stereocenters. The van der Waals surface area contributed by atoms with Gasteiger partial charge >= 0.3 is 0 Å². The van der Waals surface area contributed by atoms with E-state index in [-0.39, 0.29) is 24.4 Å². The van der Waals surface area contributed by atoms with E-state index in [0.29, 0.717) is 0 Å². The first-order valence-electron chi connectivity index (χ1n) is 5.51. The molecule has 1 atom stereocenters. The third-order valence-electron chi connectivity index (χ3n) is 2.88. The van der Waals surface area contributed by atoms with Crippen molar-refractivity contribution < 1.29 is 18.4 Å². The standard InChI is InChI=1S/C12H12F2N2O2/c1-6-2-3-8(13)11(10(6)14)16-12(18)7-4-9(17)15-5-7/h2-3,7H,4-5H2,1H3,(H,15,17)(H,16,18). The minimum atomic E-state index is -0.830. The Kier molecular flexibility index (Phi) is 3.27. The van der Waals surface area contributed by atoms with Crippen LogP contribution in [0.2, 0.25) is 0 Å². The van der Waals surface area contributed by atoms with Gasteiger partial charge in [-0.2, -0.15) is 0 Å². The summed E-state index contributed by atoms with van der Waals surface area (Å²) in [5.74, 6) is -3.00. The topological polar surface area (TPSA) is 58.2 Å². The molecule has 18 heavy (non-hydrogen) atoms. The van der Waals surface area contributed by atoms with Crippen LogP contribution < -0.4 is 10.6 Å². The van der Waals surface area contributed by atoms with Crippen molar-refractivity contribution in [3.8, 4) is 0 Å². The summed E-state index contributed by atoms with van der Waals surface area (Å²) in [6, 6.07) is 2.38. The molecule has 1 aliphatic rings. The summed E-state index contributed by atoms with van der Waals surface area (Å²) >= 11 is 0. The highest BCUT2D eigenvalue weighted by Gasteiger charge is 2.29. The normalized spacial score (nSPS) is 18.6. The number of hydrogen-bond acceptors (Lipinski definition) is 2. The zero-order valence-corrected chi connectivity index (χ0v) is 9.72. The monoisotopic (exact) mass is 254 g/mol. The lowest BCUT2D eigenvalue weighted by molar-refractivity contribution is -0.123. The molecule has 1 aliphatic heterocycles. The molecule has 96 valence electrons. The number of anilines is 1. The smallest absolute Gasteiger partial charge is 0.229 e. The molecular formula is C12H12F2N2O2. The number of rotatable bonds is 2. The van der Waals surface area contributed by atoms with Gasteiger partial charge in [-0.25, -0.2) is 8.78 Å². The average Bonchev–Trinajstić information content (AvgIpc) is 2.76. The summed E-state index contributed by atoms with van der Waals surface area (Å²) in [4.78, 5) is 22.7. The highest BCUT2D eigenvalue weighted by atomic mass is 19.1. The zero-order chi connectivity index (χ0) is 13.3. The first-order chi connectivity index (χ1) is 8.49. The Morgan fingerprint density at radius 3 is 2.78 bits per heavy atom. The fraction of sp³-hybridized carbons (Fsp3) is 0.333. The van der Waals surface area contributed by atoms with E-state index in [9.17, 15) is 18.4 Å². The molecule has 1 fully saturated rings. The van der Waals surface area contributed by atoms with Gasteiger partial charge in [-0.1, -0.05) is 6.07 Å². The molecule has 0 spiro atoms. The molecule has 2 amide bonds. The summed E-state index contributed by atoms with van der Waals surface area (Å²) in [5.41, 5.74) is -0.216. The largest absolute Gasteiger partial charge is 0.355 e. The van der Waals surface area contributed by atoms with E-state index >= 15 is 0 Å². The van der Waals surface area contributed by atoms with Crippen LogP contribution in [0.1, 0.15) is 12.0 Å². The van der Waals surface area contributed by atoms with Gasteiger partial charge in [0.2, 0.25) is 11.8 Å².